The molecule has 3 aromatic heterocycles. The highest BCUT2D eigenvalue weighted by atomic mass is 79.9. The second-order valence-corrected chi connectivity index (χ2v) is 10.3. The summed E-state index contributed by atoms with van der Waals surface area (Å²) < 4.78 is 29.9. The highest BCUT2D eigenvalue weighted by Gasteiger charge is 2.30. The van der Waals surface area contributed by atoms with Crippen molar-refractivity contribution in [2.45, 2.75) is 11.1 Å². The number of rotatable bonds is 3. The second kappa shape index (κ2) is 6.31. The van der Waals surface area contributed by atoms with E-state index in [1.165, 1.54) is 22.0 Å². The predicted molar refractivity (Wildman–Crippen MR) is 98.5 cm³/mol. The molecule has 1 fully saturated rings. The van der Waals surface area contributed by atoms with Crippen LogP contribution in [0, 0.1) is 6.92 Å². The monoisotopic (exact) mass is 442 g/mol. The summed E-state index contributed by atoms with van der Waals surface area (Å²) >= 11 is 4.55. The van der Waals surface area contributed by atoms with Gasteiger partial charge in [0.1, 0.15) is 16.4 Å². The number of piperazine rings is 1. The van der Waals surface area contributed by atoms with E-state index in [9.17, 15) is 8.42 Å². The van der Waals surface area contributed by atoms with E-state index in [1.807, 2.05) is 13.0 Å². The second-order valence-electron chi connectivity index (χ2n) is 5.68. The number of anilines is 1. The highest BCUT2D eigenvalue weighted by molar-refractivity contribution is 9.11. The summed E-state index contributed by atoms with van der Waals surface area (Å²) in [6.07, 6.45) is 1.47. The highest BCUT2D eigenvalue weighted by Crippen LogP contribution is 2.29. The van der Waals surface area contributed by atoms with Crippen molar-refractivity contribution in [3.8, 4) is 0 Å². The third kappa shape index (κ3) is 3.05. The molecule has 1 saturated heterocycles. The number of fused-ring (bicyclic) bond motifs is 1. The first kappa shape index (κ1) is 16.9. The molecule has 0 saturated carbocycles. The summed E-state index contributed by atoms with van der Waals surface area (Å²) in [4.78, 5) is 10.6. The van der Waals surface area contributed by atoms with Gasteiger partial charge < -0.3 is 4.90 Å². The minimum absolute atomic E-state index is 0.367. The summed E-state index contributed by atoms with van der Waals surface area (Å²) in [5.74, 6) is 1.43. The Kier molecular flexibility index (Phi) is 4.26. The van der Waals surface area contributed by atoms with E-state index in [-0.39, 0.29) is 0 Å². The summed E-state index contributed by atoms with van der Waals surface area (Å²) in [5, 5.41) is 4.22. The van der Waals surface area contributed by atoms with Gasteiger partial charge in [-0.25, -0.2) is 13.4 Å². The van der Waals surface area contributed by atoms with Gasteiger partial charge in [0.25, 0.3) is 15.8 Å². The summed E-state index contributed by atoms with van der Waals surface area (Å²) in [5.41, 5.74) is 0.856. The van der Waals surface area contributed by atoms with Gasteiger partial charge in [-0.2, -0.15) is 18.9 Å². The van der Waals surface area contributed by atoms with Crippen LogP contribution in [0.5, 0.6) is 0 Å². The Morgan fingerprint density at radius 2 is 1.96 bits per heavy atom. The van der Waals surface area contributed by atoms with Crippen molar-refractivity contribution >= 4 is 48.9 Å². The van der Waals surface area contributed by atoms with Gasteiger partial charge in [-0.1, -0.05) is 0 Å². The maximum atomic E-state index is 12.7. The molecule has 4 rings (SSSR count). The number of aryl methyl sites for hydroxylation is 1. The molecule has 0 atom stereocenters. The molecule has 0 unspecified atom stereocenters. The number of nitrogens with zero attached hydrogens (tertiary/aromatic N) is 6. The fraction of sp³-hybridized carbons (Fsp3) is 0.357. The van der Waals surface area contributed by atoms with E-state index < -0.39 is 10.0 Å². The van der Waals surface area contributed by atoms with Gasteiger partial charge in [-0.05, 0) is 35.0 Å². The minimum atomic E-state index is -3.44. The first-order chi connectivity index (χ1) is 11.9. The Morgan fingerprint density at radius 1 is 1.20 bits per heavy atom. The molecule has 1 aliphatic rings. The lowest BCUT2D eigenvalue weighted by atomic mass is 10.3. The van der Waals surface area contributed by atoms with E-state index >= 15 is 0 Å². The Morgan fingerprint density at radius 3 is 2.64 bits per heavy atom. The van der Waals surface area contributed by atoms with Gasteiger partial charge in [-0.15, -0.1) is 11.3 Å². The molecule has 1 aliphatic heterocycles. The van der Waals surface area contributed by atoms with Crippen molar-refractivity contribution in [3.63, 3.8) is 0 Å². The van der Waals surface area contributed by atoms with Crippen molar-refractivity contribution in [2.24, 2.45) is 0 Å². The van der Waals surface area contributed by atoms with Crippen LogP contribution in [0.25, 0.3) is 5.78 Å². The molecule has 0 aromatic carbocycles. The Hall–Kier alpha value is -1.56. The average Bonchev–Trinajstić information content (AvgIpc) is 3.23. The summed E-state index contributed by atoms with van der Waals surface area (Å²) in [7, 11) is -3.44. The number of sulfonamides is 1. The summed E-state index contributed by atoms with van der Waals surface area (Å²) in [6, 6.07) is 5.35. The van der Waals surface area contributed by atoms with Crippen LogP contribution in [-0.2, 0) is 10.0 Å². The number of thiophene rings is 1. The molecule has 3 aromatic rings. The van der Waals surface area contributed by atoms with Crippen LogP contribution in [0.1, 0.15) is 5.69 Å². The molecule has 0 spiro atoms. The Labute approximate surface area is 157 Å². The fourth-order valence-electron chi connectivity index (χ4n) is 2.86. The Balaban J connectivity index is 1.56. The maximum Gasteiger partial charge on any atom is 0.254 e. The van der Waals surface area contributed by atoms with Crippen LogP contribution in [0.15, 0.2) is 32.5 Å². The molecule has 0 aliphatic carbocycles. The molecule has 0 amide bonds. The molecule has 0 radical (unpaired) electrons. The lowest BCUT2D eigenvalue weighted by molar-refractivity contribution is 0.384. The molecule has 25 heavy (non-hydrogen) atoms. The molecule has 11 heteroatoms. The first-order valence-corrected chi connectivity index (χ1v) is 10.7. The van der Waals surface area contributed by atoms with Gasteiger partial charge in [0, 0.05) is 37.9 Å². The number of hydrogen-bond acceptors (Lipinski definition) is 7. The first-order valence-electron chi connectivity index (χ1n) is 7.63. The summed E-state index contributed by atoms with van der Waals surface area (Å²) in [6.45, 7) is 3.94. The lowest BCUT2D eigenvalue weighted by Crippen LogP contribution is -2.49. The zero-order valence-electron chi connectivity index (χ0n) is 13.3. The van der Waals surface area contributed by atoms with Crippen molar-refractivity contribution < 1.29 is 8.42 Å². The fourth-order valence-corrected chi connectivity index (χ4v) is 6.44. The smallest absolute Gasteiger partial charge is 0.254 e. The lowest BCUT2D eigenvalue weighted by Gasteiger charge is -2.34. The quantitative estimate of drug-likeness (QED) is 0.614. The third-order valence-electron chi connectivity index (χ3n) is 4.07. The van der Waals surface area contributed by atoms with Crippen molar-refractivity contribution in [2.75, 3.05) is 31.1 Å². The van der Waals surface area contributed by atoms with Crippen LogP contribution in [0.4, 0.5) is 5.82 Å². The number of hydrogen-bond donors (Lipinski definition) is 0. The minimum Gasteiger partial charge on any atom is -0.354 e. The van der Waals surface area contributed by atoms with Crippen LogP contribution in [0.2, 0.25) is 0 Å². The van der Waals surface area contributed by atoms with E-state index in [0.717, 1.165) is 15.3 Å². The zero-order chi connectivity index (χ0) is 17.6. The molecule has 0 bridgehead atoms. The van der Waals surface area contributed by atoms with Crippen molar-refractivity contribution in [1.82, 2.24) is 23.9 Å². The van der Waals surface area contributed by atoms with E-state index in [2.05, 4.69) is 35.9 Å². The molecule has 4 heterocycles. The van der Waals surface area contributed by atoms with E-state index in [4.69, 9.17) is 0 Å². The molecule has 132 valence electrons. The van der Waals surface area contributed by atoms with Crippen LogP contribution in [-0.4, -0.2) is 58.5 Å². The van der Waals surface area contributed by atoms with Gasteiger partial charge in [0.05, 0.1) is 3.79 Å². The third-order valence-corrected chi connectivity index (χ3v) is 8.06. The zero-order valence-corrected chi connectivity index (χ0v) is 16.6. The van der Waals surface area contributed by atoms with Gasteiger partial charge >= 0.3 is 0 Å². The molecular formula is C14H15BrN6O2S2. The molecule has 0 N–H and O–H groups in total. The number of aromatic nitrogens is 4. The molecular weight excluding hydrogens is 428 g/mol. The SMILES string of the molecule is Cc1cc(N2CCN(S(=O)(=O)c3ccc(Br)s3)CC2)n2ncnc2n1. The largest absolute Gasteiger partial charge is 0.354 e. The van der Waals surface area contributed by atoms with Crippen molar-refractivity contribution in [3.05, 3.63) is 34.0 Å². The van der Waals surface area contributed by atoms with Gasteiger partial charge in [-0.3, -0.25) is 0 Å². The van der Waals surface area contributed by atoms with Crippen molar-refractivity contribution in [1.29, 1.82) is 0 Å². The Bertz CT molecular complexity index is 1020. The van der Waals surface area contributed by atoms with Crippen LogP contribution >= 0.6 is 27.3 Å². The van der Waals surface area contributed by atoms with Crippen LogP contribution in [0.3, 0.4) is 0 Å². The van der Waals surface area contributed by atoms with Gasteiger partial charge in [0.2, 0.25) is 0 Å². The maximum absolute atomic E-state index is 12.7. The predicted octanol–water partition coefficient (Wildman–Crippen LogP) is 1.77. The molecule has 8 nitrogen and oxygen atoms in total. The topological polar surface area (TPSA) is 83.7 Å². The van der Waals surface area contributed by atoms with Gasteiger partial charge in [0.15, 0.2) is 0 Å². The normalized spacial score (nSPS) is 16.6. The van der Waals surface area contributed by atoms with E-state index in [0.29, 0.717) is 36.2 Å². The average molecular weight is 443 g/mol. The van der Waals surface area contributed by atoms with E-state index in [1.54, 1.807) is 16.6 Å². The number of halogens is 1. The standard InChI is InChI=1S/C14H15BrN6O2S2/c1-10-8-12(21-14(18-10)16-9-17-21)19-4-6-20(7-5-19)25(22,23)13-3-2-11(15)24-13/h2-3,8-9H,4-7H2,1H3. The van der Waals surface area contributed by atoms with Crippen LogP contribution < -0.4 is 4.90 Å².